The van der Waals surface area contributed by atoms with Gasteiger partial charge in [-0.2, -0.15) is 0 Å². The lowest BCUT2D eigenvalue weighted by atomic mass is 10.0. The molecular weight excluding hydrogens is 458 g/mol. The number of piperidine rings is 1. The summed E-state index contributed by atoms with van der Waals surface area (Å²) in [4.78, 5) is 34.5. The lowest BCUT2D eigenvalue weighted by molar-refractivity contribution is 0.123. The summed E-state index contributed by atoms with van der Waals surface area (Å²) >= 11 is 0. The second-order valence-electron chi connectivity index (χ2n) is 9.42. The van der Waals surface area contributed by atoms with Crippen molar-refractivity contribution in [3.63, 3.8) is 0 Å². The smallest absolute Gasteiger partial charge is 0.404 e. The van der Waals surface area contributed by atoms with E-state index in [9.17, 15) is 9.59 Å². The minimum atomic E-state index is -0.801. The highest BCUT2D eigenvalue weighted by Gasteiger charge is 2.32. The van der Waals surface area contributed by atoms with Crippen LogP contribution in [0.4, 0.5) is 15.4 Å². The average molecular weight is 490 g/mol. The Hall–Kier alpha value is -3.95. The number of urea groups is 1. The molecule has 0 radical (unpaired) electrons. The average Bonchev–Trinajstić information content (AvgIpc) is 2.91. The third kappa shape index (κ3) is 4.89. The van der Waals surface area contributed by atoms with Gasteiger partial charge in [-0.15, -0.1) is 10.2 Å². The fourth-order valence-electron chi connectivity index (χ4n) is 5.05. The number of likely N-dealkylation sites (tertiary alicyclic amines) is 1. The van der Waals surface area contributed by atoms with Gasteiger partial charge in [-0.1, -0.05) is 24.3 Å². The number of nitrogens with zero attached hydrogens (tertiary/aromatic N) is 6. The van der Waals surface area contributed by atoms with E-state index in [2.05, 4.69) is 27.0 Å². The van der Waals surface area contributed by atoms with Crippen molar-refractivity contribution < 1.29 is 14.3 Å². The van der Waals surface area contributed by atoms with Gasteiger partial charge in [0.05, 0.1) is 0 Å². The molecule has 2 fully saturated rings. The minimum Gasteiger partial charge on any atom is -0.445 e. The third-order valence-electron chi connectivity index (χ3n) is 6.97. The molecule has 4 heterocycles. The lowest BCUT2D eigenvalue weighted by Gasteiger charge is -2.43. The van der Waals surface area contributed by atoms with Crippen LogP contribution in [-0.2, 0) is 11.3 Å². The van der Waals surface area contributed by atoms with E-state index in [0.717, 1.165) is 59.3 Å². The number of carbonyl (C=O) groups is 2. The highest BCUT2D eigenvalue weighted by Crippen LogP contribution is 2.32. The Morgan fingerprint density at radius 1 is 1.00 bits per heavy atom. The summed E-state index contributed by atoms with van der Waals surface area (Å²) in [7, 11) is 0. The van der Waals surface area contributed by atoms with Crippen LogP contribution in [0.3, 0.4) is 0 Å². The summed E-state index contributed by atoms with van der Waals surface area (Å²) in [5, 5.41) is 11.1. The fourth-order valence-corrected chi connectivity index (χ4v) is 5.05. The normalized spacial score (nSPS) is 18.4. The zero-order chi connectivity index (χ0) is 25.1. The SMILES string of the molecule is C[C@H]1CN(c2nnc(-c3ccc(COC(N)=O)cc3)c3ccncc23)CCN1C(=O)N1CCCCC1. The first kappa shape index (κ1) is 23.8. The standard InChI is InChI=1S/C26H31N7O3/c1-18-16-32(13-14-33(18)26(35)31-11-3-2-4-12-31)24-22-15-28-10-9-21(22)23(29-30-24)20-7-5-19(6-8-20)17-36-25(27)34/h5-10,15,18H,2-4,11-14,16-17H2,1H3,(H2,27,34)/t18-/m0/s1. The van der Waals surface area contributed by atoms with Gasteiger partial charge in [0.2, 0.25) is 0 Å². The van der Waals surface area contributed by atoms with Crippen LogP contribution in [-0.4, -0.2) is 75.9 Å². The molecule has 2 N–H and O–H groups in total. The van der Waals surface area contributed by atoms with Crippen LogP contribution >= 0.6 is 0 Å². The quantitative estimate of drug-likeness (QED) is 0.597. The van der Waals surface area contributed by atoms with E-state index in [1.54, 1.807) is 6.20 Å². The largest absolute Gasteiger partial charge is 0.445 e. The summed E-state index contributed by atoms with van der Waals surface area (Å²) in [6.07, 6.45) is 6.16. The summed E-state index contributed by atoms with van der Waals surface area (Å²) < 4.78 is 4.86. The zero-order valence-electron chi connectivity index (χ0n) is 20.5. The van der Waals surface area contributed by atoms with Gasteiger partial charge in [-0.05, 0) is 37.8 Å². The molecule has 1 atom stereocenters. The zero-order valence-corrected chi connectivity index (χ0v) is 20.5. The number of amides is 3. The van der Waals surface area contributed by atoms with Gasteiger partial charge >= 0.3 is 12.1 Å². The topological polar surface area (TPSA) is 118 Å². The molecule has 10 nitrogen and oxygen atoms in total. The monoisotopic (exact) mass is 489 g/mol. The van der Waals surface area contributed by atoms with E-state index < -0.39 is 6.09 Å². The van der Waals surface area contributed by atoms with Crippen molar-refractivity contribution in [1.82, 2.24) is 25.0 Å². The van der Waals surface area contributed by atoms with Crippen molar-refractivity contribution in [2.24, 2.45) is 5.73 Å². The third-order valence-corrected chi connectivity index (χ3v) is 6.97. The number of hydrogen-bond acceptors (Lipinski definition) is 7. The molecule has 1 aromatic carbocycles. The second-order valence-corrected chi connectivity index (χ2v) is 9.42. The van der Waals surface area contributed by atoms with E-state index in [4.69, 9.17) is 10.5 Å². The number of carbonyl (C=O) groups excluding carboxylic acids is 2. The summed E-state index contributed by atoms with van der Waals surface area (Å²) in [5.41, 5.74) is 7.54. The molecule has 2 aliphatic heterocycles. The molecule has 0 aliphatic carbocycles. The number of aromatic nitrogens is 3. The molecule has 0 saturated carbocycles. The summed E-state index contributed by atoms with van der Waals surface area (Å²) in [5.74, 6) is 0.783. The van der Waals surface area contributed by atoms with Crippen molar-refractivity contribution in [2.45, 2.75) is 38.8 Å². The lowest BCUT2D eigenvalue weighted by Crippen LogP contribution is -2.58. The number of fused-ring (bicyclic) bond motifs is 1. The van der Waals surface area contributed by atoms with Crippen LogP contribution in [0.15, 0.2) is 42.7 Å². The van der Waals surface area contributed by atoms with Crippen molar-refractivity contribution in [2.75, 3.05) is 37.6 Å². The molecule has 2 saturated heterocycles. The van der Waals surface area contributed by atoms with Crippen LogP contribution in [0.25, 0.3) is 22.0 Å². The number of benzene rings is 1. The van der Waals surface area contributed by atoms with Crippen LogP contribution in [0.2, 0.25) is 0 Å². The van der Waals surface area contributed by atoms with Crippen molar-refractivity contribution in [1.29, 1.82) is 0 Å². The minimum absolute atomic E-state index is 0.0662. The van der Waals surface area contributed by atoms with Crippen molar-refractivity contribution in [3.05, 3.63) is 48.3 Å². The highest BCUT2D eigenvalue weighted by atomic mass is 16.5. The van der Waals surface area contributed by atoms with E-state index in [1.807, 2.05) is 46.3 Å². The first-order valence-corrected chi connectivity index (χ1v) is 12.4. The Morgan fingerprint density at radius 3 is 2.50 bits per heavy atom. The maximum Gasteiger partial charge on any atom is 0.404 e. The second kappa shape index (κ2) is 10.3. The van der Waals surface area contributed by atoms with Crippen LogP contribution in [0.1, 0.15) is 31.7 Å². The number of anilines is 1. The van der Waals surface area contributed by atoms with E-state index in [1.165, 1.54) is 6.42 Å². The van der Waals surface area contributed by atoms with Crippen LogP contribution < -0.4 is 10.6 Å². The van der Waals surface area contributed by atoms with Crippen LogP contribution in [0, 0.1) is 0 Å². The van der Waals surface area contributed by atoms with Gasteiger partial charge in [0, 0.05) is 67.5 Å². The van der Waals surface area contributed by atoms with Crippen LogP contribution in [0.5, 0.6) is 0 Å². The van der Waals surface area contributed by atoms with E-state index >= 15 is 0 Å². The predicted octanol–water partition coefficient (Wildman–Crippen LogP) is 3.40. The Bertz CT molecular complexity index is 1240. The van der Waals surface area contributed by atoms with E-state index in [-0.39, 0.29) is 18.7 Å². The van der Waals surface area contributed by atoms with E-state index in [0.29, 0.717) is 19.6 Å². The van der Waals surface area contributed by atoms with Gasteiger partial charge in [0.25, 0.3) is 0 Å². The molecular formula is C26H31N7O3. The number of nitrogens with two attached hydrogens (primary N) is 1. The van der Waals surface area contributed by atoms with Crippen molar-refractivity contribution in [3.8, 4) is 11.3 Å². The molecule has 36 heavy (non-hydrogen) atoms. The summed E-state index contributed by atoms with van der Waals surface area (Å²) in [6, 6.07) is 9.78. The number of hydrogen-bond donors (Lipinski definition) is 1. The number of rotatable bonds is 4. The van der Waals surface area contributed by atoms with Gasteiger partial charge in [-0.25, -0.2) is 9.59 Å². The van der Waals surface area contributed by atoms with Gasteiger partial charge in [0.1, 0.15) is 12.3 Å². The fraction of sp³-hybridized carbons (Fsp3) is 0.423. The molecule has 10 heteroatoms. The maximum absolute atomic E-state index is 13.1. The number of ether oxygens (including phenoxy) is 1. The predicted molar refractivity (Wildman–Crippen MR) is 136 cm³/mol. The molecule has 0 unspecified atom stereocenters. The Balaban J connectivity index is 1.36. The molecule has 188 valence electrons. The molecule has 0 spiro atoms. The highest BCUT2D eigenvalue weighted by molar-refractivity contribution is 5.99. The Labute approximate surface area is 210 Å². The van der Waals surface area contributed by atoms with Gasteiger partial charge in [-0.3, -0.25) is 4.98 Å². The van der Waals surface area contributed by atoms with Gasteiger partial charge < -0.3 is 25.2 Å². The number of primary amides is 1. The number of pyridine rings is 1. The Morgan fingerprint density at radius 2 is 1.78 bits per heavy atom. The van der Waals surface area contributed by atoms with Crippen molar-refractivity contribution >= 4 is 28.7 Å². The molecule has 3 aromatic rings. The Kier molecular flexibility index (Phi) is 6.84. The number of piperazine rings is 1. The molecule has 0 bridgehead atoms. The molecule has 2 aliphatic rings. The first-order valence-electron chi connectivity index (χ1n) is 12.4. The molecule has 5 rings (SSSR count). The molecule has 2 aromatic heterocycles. The molecule has 3 amide bonds. The van der Waals surface area contributed by atoms with Gasteiger partial charge in [0.15, 0.2) is 5.82 Å². The maximum atomic E-state index is 13.1. The first-order chi connectivity index (χ1) is 17.5. The summed E-state index contributed by atoms with van der Waals surface area (Å²) in [6.45, 7) is 5.95.